The van der Waals surface area contributed by atoms with Crippen molar-refractivity contribution in [3.63, 3.8) is 0 Å². The normalized spacial score (nSPS) is 21.8. The highest BCUT2D eigenvalue weighted by atomic mass is 16.7. The lowest BCUT2D eigenvalue weighted by Crippen LogP contribution is -2.57. The van der Waals surface area contributed by atoms with Gasteiger partial charge in [-0.2, -0.15) is 0 Å². The fourth-order valence-corrected chi connectivity index (χ4v) is 6.84. The molecule has 0 spiro atoms. The third-order valence-electron chi connectivity index (χ3n) is 9.90. The zero-order valence-corrected chi connectivity index (χ0v) is 35.0. The summed E-state index contributed by atoms with van der Waals surface area (Å²) in [7, 11) is 0. The summed E-state index contributed by atoms with van der Waals surface area (Å²) < 4.78 is 10.6. The molecule has 0 aromatic heterocycles. The Bertz CT molecular complexity index is 1420. The number of carbonyl (C=O) groups excluding carboxylic acids is 8. The number of carbonyl (C=O) groups is 8. The third kappa shape index (κ3) is 16.7. The van der Waals surface area contributed by atoms with Crippen LogP contribution in [0.3, 0.4) is 0 Å². The first kappa shape index (κ1) is 49.6. The maximum atomic E-state index is 14.2. The molecule has 6 atom stereocenters. The number of primary amides is 1. The van der Waals surface area contributed by atoms with Gasteiger partial charge in [0, 0.05) is 25.6 Å². The second-order valence-corrected chi connectivity index (χ2v) is 16.7. The molecule has 3 unspecified atom stereocenters. The third-order valence-corrected chi connectivity index (χ3v) is 9.90. The number of morpholine rings is 1. The van der Waals surface area contributed by atoms with Crippen LogP contribution in [0.15, 0.2) is 0 Å². The zero-order chi connectivity index (χ0) is 43.6. The number of rotatable bonds is 15. The topological polar surface area (TPSA) is 286 Å². The molecule has 330 valence electrons. The molecule has 0 saturated carbocycles. The number of hydrogen-bond donors (Lipinski definition) is 8. The molecule has 2 saturated heterocycles. The highest BCUT2D eigenvalue weighted by molar-refractivity contribution is 5.94. The largest absolute Gasteiger partial charge is 0.450 e. The van der Waals surface area contributed by atoms with Crippen LogP contribution in [0.4, 0.5) is 4.79 Å². The lowest BCUT2D eigenvalue weighted by Gasteiger charge is -2.33. The van der Waals surface area contributed by atoms with Gasteiger partial charge in [0.05, 0.1) is 38.2 Å². The van der Waals surface area contributed by atoms with Gasteiger partial charge in [0.25, 0.3) is 5.91 Å². The summed E-state index contributed by atoms with van der Waals surface area (Å²) in [6, 6.07) is -2.24. The van der Waals surface area contributed by atoms with Gasteiger partial charge in [-0.15, -0.1) is 0 Å². The van der Waals surface area contributed by atoms with E-state index in [-0.39, 0.29) is 69.5 Å². The van der Waals surface area contributed by atoms with E-state index in [1.165, 1.54) is 5.48 Å². The summed E-state index contributed by atoms with van der Waals surface area (Å²) >= 11 is 0. The number of hydroxylamine groups is 2. The molecule has 20 heteroatoms. The van der Waals surface area contributed by atoms with E-state index in [9.17, 15) is 43.6 Å². The molecular formula is C38H66N8O12. The molecule has 2 aliphatic heterocycles. The van der Waals surface area contributed by atoms with Crippen LogP contribution in [-0.2, 0) is 47.9 Å². The summed E-state index contributed by atoms with van der Waals surface area (Å²) in [5.74, 6) is -9.14. The Morgan fingerprint density at radius 3 is 2.19 bits per heavy atom. The summed E-state index contributed by atoms with van der Waals surface area (Å²) in [5.41, 5.74) is 8.49. The number of nitrogens with zero attached hydrogens (tertiary/aromatic N) is 1. The number of nitrogens with two attached hydrogens (primary N) is 1. The van der Waals surface area contributed by atoms with Crippen LogP contribution in [0, 0.1) is 35.0 Å². The predicted molar refractivity (Wildman–Crippen MR) is 208 cm³/mol. The van der Waals surface area contributed by atoms with Crippen LogP contribution in [0.5, 0.6) is 0 Å². The van der Waals surface area contributed by atoms with Crippen molar-refractivity contribution >= 4 is 47.4 Å². The van der Waals surface area contributed by atoms with Crippen LogP contribution in [0.1, 0.15) is 93.4 Å². The summed E-state index contributed by atoms with van der Waals surface area (Å²) in [6.07, 6.45) is -1.21. The highest BCUT2D eigenvalue weighted by Crippen LogP contribution is 2.28. The number of nitrogens with one attached hydrogen (secondary N) is 6. The minimum atomic E-state index is -1.82. The van der Waals surface area contributed by atoms with Crippen LogP contribution in [0.25, 0.3) is 0 Å². The number of amides is 8. The Morgan fingerprint density at radius 2 is 1.60 bits per heavy atom. The van der Waals surface area contributed by atoms with E-state index in [2.05, 4.69) is 26.7 Å². The van der Waals surface area contributed by atoms with Crippen LogP contribution in [0.2, 0.25) is 0 Å². The van der Waals surface area contributed by atoms with E-state index in [0.717, 1.165) is 0 Å². The number of hydrogen-bond acceptors (Lipinski definition) is 12. The van der Waals surface area contributed by atoms with E-state index in [1.807, 2.05) is 13.8 Å². The second kappa shape index (κ2) is 24.4. The molecule has 2 heterocycles. The number of alkyl carbamates (subject to hydrolysis) is 1. The van der Waals surface area contributed by atoms with Gasteiger partial charge in [-0.3, -0.25) is 43.6 Å². The molecule has 0 aromatic rings. The van der Waals surface area contributed by atoms with Gasteiger partial charge in [-0.05, 0) is 62.2 Å². The standard InChI is InChI=1S/C38H66N8O12/c1-22(2)19-25-24(34(51)45-58-29(36(53)44-55)26(20-23(3)4)33(50)43-30(31(39)48)38(5,6)7)11-10-16-57-37(54)40-13-9-8-12-27(42-32(25)49)35(52)41-21-28(47)46-14-17-56-18-15-46/h22-27,29-30,55H,8-21H2,1-7H3,(H2,39,48)(H,40,54)(H,41,52)(H,42,49)(H,43,50)(H,44,53)(H,45,51)/t24?,25?,26-,27?,29+,30-/m1/s1. The van der Waals surface area contributed by atoms with Crippen molar-refractivity contribution in [1.82, 2.24) is 37.1 Å². The highest BCUT2D eigenvalue weighted by Gasteiger charge is 2.41. The van der Waals surface area contributed by atoms with Gasteiger partial charge < -0.3 is 41.4 Å². The lowest BCUT2D eigenvalue weighted by atomic mass is 9.81. The first-order valence-electron chi connectivity index (χ1n) is 20.1. The fourth-order valence-electron chi connectivity index (χ4n) is 6.84. The van der Waals surface area contributed by atoms with Crippen molar-refractivity contribution in [1.29, 1.82) is 0 Å². The van der Waals surface area contributed by atoms with Gasteiger partial charge in [0.2, 0.25) is 35.4 Å². The Morgan fingerprint density at radius 1 is 0.931 bits per heavy atom. The molecule has 0 aromatic carbocycles. The number of ether oxygens (including phenoxy) is 2. The van der Waals surface area contributed by atoms with Crippen molar-refractivity contribution in [3.05, 3.63) is 0 Å². The molecule has 58 heavy (non-hydrogen) atoms. The minimum Gasteiger partial charge on any atom is -0.450 e. The molecule has 0 radical (unpaired) electrons. The minimum absolute atomic E-state index is 0.0120. The molecule has 8 amide bonds. The van der Waals surface area contributed by atoms with E-state index in [1.54, 1.807) is 39.5 Å². The van der Waals surface area contributed by atoms with Crippen LogP contribution >= 0.6 is 0 Å². The first-order chi connectivity index (χ1) is 27.3. The molecule has 20 nitrogen and oxygen atoms in total. The fraction of sp³-hybridized carbons (Fsp3) is 0.789. The quantitative estimate of drug-likeness (QED) is 0.0801. The van der Waals surface area contributed by atoms with Crippen molar-refractivity contribution in [2.45, 2.75) is 112 Å². The Kier molecular flexibility index (Phi) is 20.8. The smallest absolute Gasteiger partial charge is 0.407 e. The molecule has 9 N–H and O–H groups in total. The van der Waals surface area contributed by atoms with E-state index < -0.39 is 82.9 Å². The molecule has 0 aliphatic carbocycles. The van der Waals surface area contributed by atoms with E-state index >= 15 is 0 Å². The zero-order valence-electron chi connectivity index (χ0n) is 35.0. The molecule has 2 rings (SSSR count). The van der Waals surface area contributed by atoms with Gasteiger partial charge in [0.1, 0.15) is 12.1 Å². The van der Waals surface area contributed by atoms with Crippen molar-refractivity contribution in [2.24, 2.45) is 40.7 Å². The van der Waals surface area contributed by atoms with Crippen molar-refractivity contribution in [3.8, 4) is 0 Å². The second-order valence-electron chi connectivity index (χ2n) is 16.7. The Hall–Kier alpha value is -4.56. The van der Waals surface area contributed by atoms with Crippen molar-refractivity contribution < 1.29 is 57.9 Å². The SMILES string of the molecule is CC(C)CC1C(=O)NC(C(=O)NCC(=O)N2CCOCC2)CCCCNC(=O)OCCCC1C(=O)NO[C@H](C(=O)NO)[C@@H](CC(C)C)C(=O)N[C@H](C(N)=O)C(C)(C)C. The number of cyclic esters (lactones) is 1. The van der Waals surface area contributed by atoms with Gasteiger partial charge in [-0.1, -0.05) is 48.5 Å². The van der Waals surface area contributed by atoms with Gasteiger partial charge in [-0.25, -0.2) is 15.8 Å². The van der Waals surface area contributed by atoms with Crippen molar-refractivity contribution in [2.75, 3.05) is 46.0 Å². The van der Waals surface area contributed by atoms with Crippen LogP contribution < -0.4 is 38.0 Å². The van der Waals surface area contributed by atoms with Gasteiger partial charge >= 0.3 is 6.09 Å². The van der Waals surface area contributed by atoms with E-state index in [4.69, 9.17) is 20.0 Å². The maximum absolute atomic E-state index is 14.2. The monoisotopic (exact) mass is 826 g/mol. The average molecular weight is 827 g/mol. The Labute approximate surface area is 340 Å². The molecule has 2 aliphatic rings. The Balaban J connectivity index is 2.44. The summed E-state index contributed by atoms with van der Waals surface area (Å²) in [5, 5.41) is 20.3. The molecule has 2 fully saturated rings. The average Bonchev–Trinajstić information content (AvgIpc) is 3.16. The molecule has 0 bridgehead atoms. The van der Waals surface area contributed by atoms with Crippen LogP contribution in [-0.4, -0.2) is 122 Å². The lowest BCUT2D eigenvalue weighted by molar-refractivity contribution is -0.167. The first-order valence-corrected chi connectivity index (χ1v) is 20.1. The summed E-state index contributed by atoms with van der Waals surface area (Å²) in [6.45, 7) is 13.7. The predicted octanol–water partition coefficient (Wildman–Crippen LogP) is 0.0153. The van der Waals surface area contributed by atoms with E-state index in [0.29, 0.717) is 39.1 Å². The summed E-state index contributed by atoms with van der Waals surface area (Å²) in [4.78, 5) is 113. The van der Waals surface area contributed by atoms with Gasteiger partial charge in [0.15, 0.2) is 6.10 Å². The molecular weight excluding hydrogens is 760 g/mol. The maximum Gasteiger partial charge on any atom is 0.407 e.